The maximum Gasteiger partial charge on any atom is 0.271 e. The van der Waals surface area contributed by atoms with Crippen molar-refractivity contribution in [2.45, 2.75) is 6.54 Å². The van der Waals surface area contributed by atoms with Crippen LogP contribution in [0.3, 0.4) is 0 Å². The van der Waals surface area contributed by atoms with E-state index in [0.717, 1.165) is 4.88 Å². The van der Waals surface area contributed by atoms with Crippen LogP contribution in [0.4, 0.5) is 0 Å². The van der Waals surface area contributed by atoms with Crippen molar-refractivity contribution in [3.05, 3.63) is 52.0 Å². The summed E-state index contributed by atoms with van der Waals surface area (Å²) in [5.41, 5.74) is 0.792. The highest BCUT2D eigenvalue weighted by molar-refractivity contribution is 7.09. The first kappa shape index (κ1) is 13.3. The van der Waals surface area contributed by atoms with E-state index in [2.05, 4.69) is 22.1 Å². The van der Waals surface area contributed by atoms with Crippen molar-refractivity contribution in [2.75, 3.05) is 6.61 Å². The molecule has 5 heteroatoms. The summed E-state index contributed by atoms with van der Waals surface area (Å²) in [6, 6.07) is 7.30. The molecule has 0 unspecified atom stereocenters. The van der Waals surface area contributed by atoms with E-state index >= 15 is 0 Å². The first-order valence-corrected chi connectivity index (χ1v) is 6.54. The van der Waals surface area contributed by atoms with Crippen LogP contribution in [0.5, 0.6) is 0 Å². The Balaban J connectivity index is 2.10. The van der Waals surface area contributed by atoms with Crippen LogP contribution in [-0.2, 0) is 6.54 Å². The van der Waals surface area contributed by atoms with Crippen molar-refractivity contribution >= 4 is 17.2 Å². The van der Waals surface area contributed by atoms with Gasteiger partial charge in [-0.25, -0.2) is 4.98 Å². The molecule has 19 heavy (non-hydrogen) atoms. The highest BCUT2D eigenvalue weighted by Gasteiger charge is 2.11. The minimum Gasteiger partial charge on any atom is -0.384 e. The molecule has 96 valence electrons. The van der Waals surface area contributed by atoms with Gasteiger partial charge < -0.3 is 10.4 Å². The third-order valence-corrected chi connectivity index (χ3v) is 3.20. The zero-order chi connectivity index (χ0) is 13.5. The van der Waals surface area contributed by atoms with Crippen molar-refractivity contribution in [3.8, 4) is 11.8 Å². The molecule has 0 aromatic carbocycles. The number of hydrogen-bond donors (Lipinski definition) is 2. The third-order valence-electron chi connectivity index (χ3n) is 2.33. The number of amides is 1. The number of aliphatic hydroxyl groups is 1. The molecular weight excluding hydrogens is 260 g/mol. The van der Waals surface area contributed by atoms with E-state index in [1.165, 1.54) is 0 Å². The minimum atomic E-state index is -0.267. The van der Waals surface area contributed by atoms with Crippen molar-refractivity contribution < 1.29 is 9.90 Å². The lowest BCUT2D eigenvalue weighted by Gasteiger charge is -2.04. The van der Waals surface area contributed by atoms with Gasteiger partial charge in [0.2, 0.25) is 0 Å². The lowest BCUT2D eigenvalue weighted by Crippen LogP contribution is -2.24. The van der Waals surface area contributed by atoms with E-state index in [0.29, 0.717) is 12.1 Å². The number of pyridine rings is 1. The summed E-state index contributed by atoms with van der Waals surface area (Å²) in [5.74, 6) is 4.97. The van der Waals surface area contributed by atoms with E-state index in [1.54, 1.807) is 29.7 Å². The average molecular weight is 272 g/mol. The topological polar surface area (TPSA) is 62.2 Å². The minimum absolute atomic E-state index is 0.245. The summed E-state index contributed by atoms with van der Waals surface area (Å²) in [5, 5.41) is 13.4. The molecule has 0 aliphatic rings. The van der Waals surface area contributed by atoms with Crippen molar-refractivity contribution in [3.63, 3.8) is 0 Å². The summed E-state index contributed by atoms with van der Waals surface area (Å²) in [4.78, 5) is 17.1. The molecule has 0 fully saturated rings. The summed E-state index contributed by atoms with van der Waals surface area (Å²) < 4.78 is 0. The Morgan fingerprint density at radius 2 is 2.32 bits per heavy atom. The molecule has 0 aliphatic heterocycles. The molecule has 2 aromatic heterocycles. The summed E-state index contributed by atoms with van der Waals surface area (Å²) in [6.07, 6.45) is 1.55. The average Bonchev–Trinajstić information content (AvgIpc) is 2.96. The van der Waals surface area contributed by atoms with E-state index in [-0.39, 0.29) is 18.2 Å². The van der Waals surface area contributed by atoms with Crippen molar-refractivity contribution in [1.82, 2.24) is 10.3 Å². The van der Waals surface area contributed by atoms with E-state index in [4.69, 9.17) is 5.11 Å². The Morgan fingerprint density at radius 1 is 1.42 bits per heavy atom. The van der Waals surface area contributed by atoms with Crippen LogP contribution in [-0.4, -0.2) is 22.6 Å². The fourth-order valence-electron chi connectivity index (χ4n) is 1.49. The van der Waals surface area contributed by atoms with Gasteiger partial charge in [-0.2, -0.15) is 0 Å². The highest BCUT2D eigenvalue weighted by atomic mass is 32.1. The fraction of sp³-hybridized carbons (Fsp3) is 0.143. The molecule has 0 atom stereocenters. The number of carbonyl (C=O) groups excluding carboxylic acids is 1. The van der Waals surface area contributed by atoms with Crippen molar-refractivity contribution in [2.24, 2.45) is 0 Å². The Hall–Kier alpha value is -2.16. The SMILES string of the molecule is O=C(NCc1cccs1)c1ncccc1C#CCO. The zero-order valence-electron chi connectivity index (χ0n) is 10.1. The number of carbonyl (C=O) groups is 1. The predicted octanol–water partition coefficient (Wildman–Crippen LogP) is 1.42. The Morgan fingerprint density at radius 3 is 3.05 bits per heavy atom. The molecule has 2 N–H and O–H groups in total. The van der Waals surface area contributed by atoms with Gasteiger partial charge in [0.05, 0.1) is 12.1 Å². The Kier molecular flexibility index (Phi) is 4.67. The standard InChI is InChI=1S/C14H12N2O2S/c17-8-2-5-11-4-1-7-15-13(11)14(18)16-10-12-6-3-9-19-12/h1,3-4,6-7,9,17H,8,10H2,(H,16,18). The van der Waals surface area contributed by atoms with Gasteiger partial charge in [0.25, 0.3) is 5.91 Å². The van der Waals surface area contributed by atoms with E-state index in [1.807, 2.05) is 17.5 Å². The first-order valence-electron chi connectivity index (χ1n) is 5.66. The molecule has 0 radical (unpaired) electrons. The van der Waals surface area contributed by atoms with Crippen LogP contribution in [0, 0.1) is 11.8 Å². The molecule has 0 aliphatic carbocycles. The third kappa shape index (κ3) is 3.65. The normalized spacial score (nSPS) is 9.53. The van der Waals surface area contributed by atoms with Gasteiger partial charge in [-0.05, 0) is 23.6 Å². The van der Waals surface area contributed by atoms with Gasteiger partial charge in [0.1, 0.15) is 12.3 Å². The van der Waals surface area contributed by atoms with Crippen LogP contribution in [0.2, 0.25) is 0 Å². The van der Waals surface area contributed by atoms with Gasteiger partial charge in [-0.1, -0.05) is 17.9 Å². The monoisotopic (exact) mass is 272 g/mol. The first-order chi connectivity index (χ1) is 9.31. The Labute approximate surface area is 115 Å². The van der Waals surface area contributed by atoms with Crippen LogP contribution in [0.15, 0.2) is 35.8 Å². The quantitative estimate of drug-likeness (QED) is 0.831. The predicted molar refractivity (Wildman–Crippen MR) is 73.7 cm³/mol. The fourth-order valence-corrected chi connectivity index (χ4v) is 2.13. The highest BCUT2D eigenvalue weighted by Crippen LogP contribution is 2.09. The molecule has 0 spiro atoms. The van der Waals surface area contributed by atoms with Crippen molar-refractivity contribution in [1.29, 1.82) is 0 Å². The summed E-state index contributed by atoms with van der Waals surface area (Å²) in [6.45, 7) is 0.227. The molecule has 2 rings (SSSR count). The molecule has 2 heterocycles. The summed E-state index contributed by atoms with van der Waals surface area (Å²) >= 11 is 1.58. The number of hydrogen-bond acceptors (Lipinski definition) is 4. The van der Waals surface area contributed by atoms with E-state index in [9.17, 15) is 4.79 Å². The van der Waals surface area contributed by atoms with Gasteiger partial charge >= 0.3 is 0 Å². The molecule has 0 bridgehead atoms. The van der Waals surface area contributed by atoms with Gasteiger partial charge in [0.15, 0.2) is 0 Å². The number of rotatable bonds is 3. The zero-order valence-corrected chi connectivity index (χ0v) is 10.9. The number of thiophene rings is 1. The molecule has 4 nitrogen and oxygen atoms in total. The second-order valence-electron chi connectivity index (χ2n) is 3.62. The summed E-state index contributed by atoms with van der Waals surface area (Å²) in [7, 11) is 0. The number of nitrogens with zero attached hydrogens (tertiary/aromatic N) is 1. The lowest BCUT2D eigenvalue weighted by atomic mass is 10.2. The van der Waals surface area contributed by atoms with Gasteiger partial charge in [-0.3, -0.25) is 4.79 Å². The molecule has 0 saturated heterocycles. The molecule has 0 saturated carbocycles. The maximum absolute atomic E-state index is 12.0. The van der Waals surface area contributed by atoms with Crippen LogP contribution >= 0.6 is 11.3 Å². The van der Waals surface area contributed by atoms with Crippen LogP contribution in [0.1, 0.15) is 20.9 Å². The van der Waals surface area contributed by atoms with Crippen LogP contribution in [0.25, 0.3) is 0 Å². The second-order valence-corrected chi connectivity index (χ2v) is 4.65. The lowest BCUT2D eigenvalue weighted by molar-refractivity contribution is 0.0946. The van der Waals surface area contributed by atoms with Gasteiger partial charge in [0, 0.05) is 11.1 Å². The van der Waals surface area contributed by atoms with E-state index < -0.39 is 0 Å². The van der Waals surface area contributed by atoms with Gasteiger partial charge in [-0.15, -0.1) is 11.3 Å². The molecular formula is C14H12N2O2S. The largest absolute Gasteiger partial charge is 0.384 e. The maximum atomic E-state index is 12.0. The van der Waals surface area contributed by atoms with Crippen LogP contribution < -0.4 is 5.32 Å². The smallest absolute Gasteiger partial charge is 0.271 e. The molecule has 2 aromatic rings. The Bertz CT molecular complexity index is 612. The second kappa shape index (κ2) is 6.69. The number of nitrogens with one attached hydrogen (secondary N) is 1. The number of aliphatic hydroxyl groups excluding tert-OH is 1. The molecule has 1 amide bonds. The number of aromatic nitrogens is 1.